The summed E-state index contributed by atoms with van der Waals surface area (Å²) in [7, 11) is 0. The van der Waals surface area contributed by atoms with Gasteiger partial charge in [-0.2, -0.15) is 5.10 Å². The van der Waals surface area contributed by atoms with Gasteiger partial charge in [0.15, 0.2) is 5.69 Å². The zero-order valence-corrected chi connectivity index (χ0v) is 14.6. The van der Waals surface area contributed by atoms with Crippen LogP contribution in [0.4, 0.5) is 5.82 Å². The Morgan fingerprint density at radius 1 is 1.23 bits per heavy atom. The summed E-state index contributed by atoms with van der Waals surface area (Å²) in [6, 6.07) is 9.95. The van der Waals surface area contributed by atoms with Gasteiger partial charge < -0.3 is 10.6 Å². The molecule has 134 valence electrons. The molecule has 0 atom stereocenters. The Hall–Kier alpha value is -3.00. The molecule has 1 amide bonds. The van der Waals surface area contributed by atoms with Gasteiger partial charge in [0.2, 0.25) is 0 Å². The Labute approximate surface area is 151 Å². The average Bonchev–Trinajstić information content (AvgIpc) is 3.33. The maximum Gasteiger partial charge on any atom is 0.278 e. The summed E-state index contributed by atoms with van der Waals surface area (Å²) in [6.45, 7) is 3.93. The standard InChI is InChI=1S/C18H21N7O/c1-13-4-2-3-5-16(13)25-17(8-11-20-25)21-18(26)15-12-24(23-22-15)14-6-9-19-10-7-14/h2-5,8,11-12,14,19H,6-7,9-10H2,1H3,(H,21,26). The molecule has 1 aliphatic heterocycles. The van der Waals surface area contributed by atoms with Crippen LogP contribution in [0.25, 0.3) is 5.69 Å². The number of anilines is 1. The molecule has 0 bridgehead atoms. The topological polar surface area (TPSA) is 89.7 Å². The van der Waals surface area contributed by atoms with Crippen molar-refractivity contribution in [2.45, 2.75) is 25.8 Å². The number of carbonyl (C=O) groups excluding carboxylic acids is 1. The molecular formula is C18H21N7O. The van der Waals surface area contributed by atoms with Gasteiger partial charge in [-0.05, 0) is 44.5 Å². The Morgan fingerprint density at radius 2 is 2.04 bits per heavy atom. The summed E-state index contributed by atoms with van der Waals surface area (Å²) in [6.07, 6.45) is 5.36. The molecule has 1 aromatic carbocycles. The summed E-state index contributed by atoms with van der Waals surface area (Å²) in [5.74, 6) is 0.307. The van der Waals surface area contributed by atoms with Gasteiger partial charge in [-0.15, -0.1) is 5.10 Å². The summed E-state index contributed by atoms with van der Waals surface area (Å²) < 4.78 is 3.51. The highest BCUT2D eigenvalue weighted by atomic mass is 16.2. The lowest BCUT2D eigenvalue weighted by molar-refractivity contribution is 0.102. The van der Waals surface area contributed by atoms with Crippen molar-refractivity contribution in [3.05, 3.63) is 54.0 Å². The molecule has 0 radical (unpaired) electrons. The number of aromatic nitrogens is 5. The largest absolute Gasteiger partial charge is 0.317 e. The van der Waals surface area contributed by atoms with E-state index in [4.69, 9.17) is 0 Å². The monoisotopic (exact) mass is 351 g/mol. The van der Waals surface area contributed by atoms with E-state index in [0.717, 1.165) is 37.2 Å². The van der Waals surface area contributed by atoms with Crippen LogP contribution in [0.5, 0.6) is 0 Å². The lowest BCUT2D eigenvalue weighted by atomic mass is 10.1. The van der Waals surface area contributed by atoms with Gasteiger partial charge in [0, 0.05) is 6.07 Å². The van der Waals surface area contributed by atoms with Gasteiger partial charge in [0.05, 0.1) is 24.1 Å². The van der Waals surface area contributed by atoms with E-state index in [1.54, 1.807) is 27.8 Å². The Kier molecular flexibility index (Phi) is 4.49. The van der Waals surface area contributed by atoms with Crippen molar-refractivity contribution in [1.29, 1.82) is 0 Å². The van der Waals surface area contributed by atoms with Gasteiger partial charge in [-0.25, -0.2) is 9.36 Å². The van der Waals surface area contributed by atoms with E-state index >= 15 is 0 Å². The molecule has 0 spiro atoms. The zero-order valence-electron chi connectivity index (χ0n) is 14.6. The first-order chi connectivity index (χ1) is 12.7. The number of hydrogen-bond donors (Lipinski definition) is 2. The van der Waals surface area contributed by atoms with Gasteiger partial charge >= 0.3 is 0 Å². The number of piperidine rings is 1. The highest BCUT2D eigenvalue weighted by Gasteiger charge is 2.19. The second-order valence-electron chi connectivity index (χ2n) is 6.43. The minimum atomic E-state index is -0.291. The third kappa shape index (κ3) is 3.23. The lowest BCUT2D eigenvalue weighted by Crippen LogP contribution is -2.29. The fraction of sp³-hybridized carbons (Fsp3) is 0.333. The summed E-state index contributed by atoms with van der Waals surface area (Å²) in [4.78, 5) is 12.6. The number of amides is 1. The predicted molar refractivity (Wildman–Crippen MR) is 97.4 cm³/mol. The molecule has 3 heterocycles. The summed E-state index contributed by atoms with van der Waals surface area (Å²) >= 11 is 0. The number of carbonyl (C=O) groups is 1. The molecule has 0 aliphatic carbocycles. The third-order valence-electron chi connectivity index (χ3n) is 4.65. The number of benzene rings is 1. The van der Waals surface area contributed by atoms with Crippen molar-refractivity contribution in [3.8, 4) is 5.69 Å². The molecule has 1 saturated heterocycles. The fourth-order valence-electron chi connectivity index (χ4n) is 3.20. The summed E-state index contributed by atoms with van der Waals surface area (Å²) in [5.41, 5.74) is 2.30. The van der Waals surface area contributed by atoms with Gasteiger partial charge in [0.25, 0.3) is 5.91 Å². The molecule has 4 rings (SSSR count). The van der Waals surface area contributed by atoms with Crippen LogP contribution in [0.1, 0.15) is 34.9 Å². The number of hydrogen-bond acceptors (Lipinski definition) is 5. The molecule has 26 heavy (non-hydrogen) atoms. The number of rotatable bonds is 4. The molecule has 2 N–H and O–H groups in total. The van der Waals surface area contributed by atoms with E-state index < -0.39 is 0 Å². The van der Waals surface area contributed by atoms with Crippen LogP contribution in [-0.4, -0.2) is 43.8 Å². The van der Waals surface area contributed by atoms with Crippen molar-refractivity contribution in [2.75, 3.05) is 18.4 Å². The average molecular weight is 351 g/mol. The molecule has 1 fully saturated rings. The minimum Gasteiger partial charge on any atom is -0.317 e. The molecule has 0 saturated carbocycles. The zero-order chi connectivity index (χ0) is 17.9. The Balaban J connectivity index is 1.52. The smallest absolute Gasteiger partial charge is 0.278 e. The Morgan fingerprint density at radius 3 is 2.85 bits per heavy atom. The van der Waals surface area contributed by atoms with Gasteiger partial charge in [0.1, 0.15) is 5.82 Å². The predicted octanol–water partition coefficient (Wildman–Crippen LogP) is 1.95. The van der Waals surface area contributed by atoms with Crippen molar-refractivity contribution >= 4 is 11.7 Å². The van der Waals surface area contributed by atoms with Crippen LogP contribution in [0.2, 0.25) is 0 Å². The van der Waals surface area contributed by atoms with E-state index in [1.807, 2.05) is 31.2 Å². The number of para-hydroxylation sites is 1. The first-order valence-corrected chi connectivity index (χ1v) is 8.76. The quantitative estimate of drug-likeness (QED) is 0.750. The van der Waals surface area contributed by atoms with Crippen molar-refractivity contribution in [2.24, 2.45) is 0 Å². The van der Waals surface area contributed by atoms with E-state index in [0.29, 0.717) is 17.6 Å². The molecule has 2 aromatic heterocycles. The van der Waals surface area contributed by atoms with Crippen LogP contribution in [0.3, 0.4) is 0 Å². The molecule has 0 unspecified atom stereocenters. The molecular weight excluding hydrogens is 330 g/mol. The Bertz CT molecular complexity index is 908. The second-order valence-corrected chi connectivity index (χ2v) is 6.43. The second kappa shape index (κ2) is 7.09. The van der Waals surface area contributed by atoms with Crippen molar-refractivity contribution in [3.63, 3.8) is 0 Å². The van der Waals surface area contributed by atoms with Crippen LogP contribution in [-0.2, 0) is 0 Å². The maximum absolute atomic E-state index is 12.6. The van der Waals surface area contributed by atoms with E-state index in [9.17, 15) is 4.79 Å². The molecule has 1 aliphatic rings. The van der Waals surface area contributed by atoms with Gasteiger partial charge in [-0.1, -0.05) is 23.4 Å². The van der Waals surface area contributed by atoms with Crippen LogP contribution in [0, 0.1) is 6.92 Å². The van der Waals surface area contributed by atoms with Gasteiger partial charge in [-0.3, -0.25) is 4.79 Å². The first-order valence-electron chi connectivity index (χ1n) is 8.76. The fourth-order valence-corrected chi connectivity index (χ4v) is 3.20. The molecule has 8 heteroatoms. The number of nitrogens with one attached hydrogen (secondary N) is 2. The number of nitrogens with zero attached hydrogens (tertiary/aromatic N) is 5. The van der Waals surface area contributed by atoms with Crippen LogP contribution < -0.4 is 10.6 Å². The third-order valence-corrected chi connectivity index (χ3v) is 4.65. The molecule has 8 nitrogen and oxygen atoms in total. The van der Waals surface area contributed by atoms with E-state index in [2.05, 4.69) is 26.0 Å². The normalized spacial score (nSPS) is 15.1. The first kappa shape index (κ1) is 16.5. The van der Waals surface area contributed by atoms with Crippen molar-refractivity contribution in [1.82, 2.24) is 30.1 Å². The van der Waals surface area contributed by atoms with Crippen molar-refractivity contribution < 1.29 is 4.79 Å². The van der Waals surface area contributed by atoms with Crippen LogP contribution in [0.15, 0.2) is 42.7 Å². The highest BCUT2D eigenvalue weighted by molar-refractivity contribution is 6.02. The molecule has 3 aromatic rings. The summed E-state index contributed by atoms with van der Waals surface area (Å²) in [5, 5.41) is 18.7. The van der Waals surface area contributed by atoms with E-state index in [-0.39, 0.29) is 5.91 Å². The number of aryl methyl sites for hydroxylation is 1. The SMILES string of the molecule is Cc1ccccc1-n1nccc1NC(=O)c1cn(C2CCNCC2)nn1. The highest BCUT2D eigenvalue weighted by Crippen LogP contribution is 2.20. The van der Waals surface area contributed by atoms with Crippen LogP contribution >= 0.6 is 0 Å². The lowest BCUT2D eigenvalue weighted by Gasteiger charge is -2.22. The maximum atomic E-state index is 12.6. The minimum absolute atomic E-state index is 0.291. The van der Waals surface area contributed by atoms with E-state index in [1.165, 1.54) is 0 Å².